The molecular formula is C18H19N3OS. The third-order valence-corrected chi connectivity index (χ3v) is 4.92. The maximum atomic E-state index is 12.3. The van der Waals surface area contributed by atoms with Crippen LogP contribution in [0.1, 0.15) is 16.8 Å². The van der Waals surface area contributed by atoms with E-state index < -0.39 is 0 Å². The van der Waals surface area contributed by atoms with Crippen molar-refractivity contribution in [3.63, 3.8) is 0 Å². The molecule has 0 unspecified atom stereocenters. The molecule has 2 N–H and O–H groups in total. The third-order valence-electron chi connectivity index (χ3n) is 3.75. The number of carbonyl (C=O) groups excluding carboxylic acids is 1. The van der Waals surface area contributed by atoms with E-state index in [0.29, 0.717) is 5.96 Å². The number of rotatable bonds is 3. The molecule has 2 aromatic carbocycles. The monoisotopic (exact) mass is 325 g/mol. The van der Waals surface area contributed by atoms with Crippen LogP contribution in [-0.2, 0) is 0 Å². The van der Waals surface area contributed by atoms with Gasteiger partial charge in [0.05, 0.1) is 5.69 Å². The van der Waals surface area contributed by atoms with E-state index in [1.807, 2.05) is 65.6 Å². The zero-order valence-corrected chi connectivity index (χ0v) is 13.6. The molecule has 1 fully saturated rings. The van der Waals surface area contributed by atoms with Gasteiger partial charge in [0.25, 0.3) is 0 Å². The van der Waals surface area contributed by atoms with Crippen molar-refractivity contribution in [3.05, 3.63) is 66.2 Å². The van der Waals surface area contributed by atoms with Crippen molar-refractivity contribution in [1.29, 1.82) is 0 Å². The van der Waals surface area contributed by atoms with Gasteiger partial charge in [-0.2, -0.15) is 0 Å². The van der Waals surface area contributed by atoms with Crippen LogP contribution in [0.2, 0.25) is 0 Å². The number of para-hydroxylation sites is 1. The molecule has 0 bridgehead atoms. The molecular weight excluding hydrogens is 306 g/mol. The van der Waals surface area contributed by atoms with E-state index in [2.05, 4.69) is 4.99 Å². The summed E-state index contributed by atoms with van der Waals surface area (Å²) < 4.78 is 0. The average molecular weight is 325 g/mol. The predicted octanol–water partition coefficient (Wildman–Crippen LogP) is 3.28. The molecule has 2 aromatic rings. The van der Waals surface area contributed by atoms with Gasteiger partial charge in [0.1, 0.15) is 0 Å². The summed E-state index contributed by atoms with van der Waals surface area (Å²) in [6.45, 7) is 1.59. The Kier molecular flexibility index (Phi) is 4.98. The molecule has 23 heavy (non-hydrogen) atoms. The lowest BCUT2D eigenvalue weighted by molar-refractivity contribution is 0.108. The highest BCUT2D eigenvalue weighted by Crippen LogP contribution is 2.26. The summed E-state index contributed by atoms with van der Waals surface area (Å²) >= 11 is 1.40. The second-order valence-corrected chi connectivity index (χ2v) is 6.71. The summed E-state index contributed by atoms with van der Waals surface area (Å²) in [5.41, 5.74) is 7.70. The summed E-state index contributed by atoms with van der Waals surface area (Å²) in [5.74, 6) is 0.520. The molecule has 1 aliphatic rings. The number of hydrogen-bond acceptors (Lipinski definition) is 3. The molecule has 118 valence electrons. The first-order valence-electron chi connectivity index (χ1n) is 7.62. The van der Waals surface area contributed by atoms with Gasteiger partial charge in [-0.3, -0.25) is 4.79 Å². The van der Waals surface area contributed by atoms with Gasteiger partial charge >= 0.3 is 0 Å². The van der Waals surface area contributed by atoms with Crippen LogP contribution in [0.3, 0.4) is 0 Å². The highest BCUT2D eigenvalue weighted by Gasteiger charge is 2.26. The molecule has 3 rings (SSSR count). The lowest BCUT2D eigenvalue weighted by atomic mass is 10.2. The van der Waals surface area contributed by atoms with Gasteiger partial charge < -0.3 is 10.6 Å². The van der Waals surface area contributed by atoms with Gasteiger partial charge in [-0.15, -0.1) is 0 Å². The van der Waals surface area contributed by atoms with Crippen LogP contribution in [0, 0.1) is 0 Å². The first kappa shape index (κ1) is 15.6. The zero-order valence-electron chi connectivity index (χ0n) is 12.8. The summed E-state index contributed by atoms with van der Waals surface area (Å²) in [7, 11) is 0. The van der Waals surface area contributed by atoms with Gasteiger partial charge in [0, 0.05) is 23.9 Å². The average Bonchev–Trinajstić information content (AvgIpc) is 3.05. The van der Waals surface area contributed by atoms with E-state index in [1.54, 1.807) is 0 Å². The minimum atomic E-state index is 0.121. The minimum absolute atomic E-state index is 0.121. The molecule has 0 spiro atoms. The van der Waals surface area contributed by atoms with Crippen LogP contribution >= 0.6 is 11.8 Å². The normalized spacial score (nSPS) is 18.2. The lowest BCUT2D eigenvalue weighted by Gasteiger charge is -2.17. The molecule has 0 saturated carbocycles. The minimum Gasteiger partial charge on any atom is -0.369 e. The fourth-order valence-corrected chi connectivity index (χ4v) is 3.58. The maximum Gasteiger partial charge on any atom is 0.219 e. The van der Waals surface area contributed by atoms with Crippen molar-refractivity contribution in [3.8, 4) is 0 Å². The van der Waals surface area contributed by atoms with Crippen molar-refractivity contribution in [2.24, 2.45) is 10.7 Å². The Labute approximate surface area is 140 Å². The smallest absolute Gasteiger partial charge is 0.219 e. The van der Waals surface area contributed by atoms with Crippen molar-refractivity contribution in [2.75, 3.05) is 13.1 Å². The highest BCUT2D eigenvalue weighted by atomic mass is 32.2. The fraction of sp³-hybridized carbons (Fsp3) is 0.222. The number of nitrogens with two attached hydrogens (primary N) is 1. The number of nitrogens with zero attached hydrogens (tertiary/aromatic N) is 2. The Morgan fingerprint density at radius 1 is 1.09 bits per heavy atom. The van der Waals surface area contributed by atoms with Gasteiger partial charge in [0.2, 0.25) is 5.12 Å². The molecule has 4 nitrogen and oxygen atoms in total. The van der Waals surface area contributed by atoms with Crippen LogP contribution in [0.15, 0.2) is 65.7 Å². The molecule has 0 aromatic heterocycles. The third kappa shape index (κ3) is 4.13. The molecule has 0 aliphatic carbocycles. The molecule has 1 atom stereocenters. The van der Waals surface area contributed by atoms with E-state index in [0.717, 1.165) is 30.8 Å². The van der Waals surface area contributed by atoms with Gasteiger partial charge in [0.15, 0.2) is 5.96 Å². The van der Waals surface area contributed by atoms with Crippen LogP contribution in [0.5, 0.6) is 0 Å². The maximum absolute atomic E-state index is 12.3. The molecule has 1 saturated heterocycles. The first-order chi connectivity index (χ1) is 11.2. The van der Waals surface area contributed by atoms with Crippen LogP contribution in [-0.4, -0.2) is 34.3 Å². The lowest BCUT2D eigenvalue weighted by Crippen LogP contribution is -2.35. The van der Waals surface area contributed by atoms with E-state index in [9.17, 15) is 4.79 Å². The second-order valence-electron chi connectivity index (χ2n) is 5.43. The van der Waals surface area contributed by atoms with Crippen molar-refractivity contribution < 1.29 is 4.79 Å². The van der Waals surface area contributed by atoms with E-state index in [4.69, 9.17) is 5.73 Å². The second kappa shape index (κ2) is 7.33. The number of guanidine groups is 1. The van der Waals surface area contributed by atoms with Gasteiger partial charge in [-0.25, -0.2) is 4.99 Å². The molecule has 1 heterocycles. The van der Waals surface area contributed by atoms with Crippen molar-refractivity contribution >= 4 is 28.5 Å². The summed E-state index contributed by atoms with van der Waals surface area (Å²) in [6, 6.07) is 19.1. The largest absolute Gasteiger partial charge is 0.369 e. The van der Waals surface area contributed by atoms with E-state index >= 15 is 0 Å². The van der Waals surface area contributed by atoms with Crippen LogP contribution in [0.4, 0.5) is 5.69 Å². The van der Waals surface area contributed by atoms with Crippen LogP contribution < -0.4 is 5.73 Å². The number of carbonyl (C=O) groups is 1. The number of aliphatic imine (C=N–C) groups is 1. The Hall–Kier alpha value is -2.27. The number of likely N-dealkylation sites (tertiary alicyclic amines) is 1. The van der Waals surface area contributed by atoms with Crippen molar-refractivity contribution in [1.82, 2.24) is 4.90 Å². The standard InChI is InChI=1S/C18H19N3OS/c19-18(20-15-9-5-2-6-10-15)21-12-11-16(13-21)23-17(22)14-7-3-1-4-8-14/h1-10,16H,11-13H2,(H2,19,20)/t16-/m0/s1. The molecule has 0 radical (unpaired) electrons. The van der Waals surface area contributed by atoms with Gasteiger partial charge in [-0.1, -0.05) is 60.3 Å². The number of thioether (sulfide) groups is 1. The Morgan fingerprint density at radius 2 is 1.74 bits per heavy atom. The predicted molar refractivity (Wildman–Crippen MR) is 96.1 cm³/mol. The summed E-state index contributed by atoms with van der Waals surface area (Å²) in [5, 5.41) is 0.378. The zero-order chi connectivity index (χ0) is 16.1. The van der Waals surface area contributed by atoms with E-state index in [-0.39, 0.29) is 10.4 Å². The fourth-order valence-electron chi connectivity index (χ4n) is 2.53. The Bertz CT molecular complexity index is 688. The molecule has 5 heteroatoms. The molecule has 0 amide bonds. The van der Waals surface area contributed by atoms with Gasteiger partial charge in [-0.05, 0) is 18.6 Å². The summed E-state index contributed by atoms with van der Waals surface area (Å²) in [6.07, 6.45) is 0.939. The van der Waals surface area contributed by atoms with Crippen LogP contribution in [0.25, 0.3) is 0 Å². The SMILES string of the molecule is NC(=Nc1ccccc1)N1CC[C@H](SC(=O)c2ccccc2)C1. The number of benzene rings is 2. The van der Waals surface area contributed by atoms with E-state index in [1.165, 1.54) is 11.8 Å². The number of hydrogen-bond donors (Lipinski definition) is 1. The summed E-state index contributed by atoms with van der Waals surface area (Å²) in [4.78, 5) is 18.7. The Morgan fingerprint density at radius 3 is 2.43 bits per heavy atom. The molecule has 1 aliphatic heterocycles. The first-order valence-corrected chi connectivity index (χ1v) is 8.50. The quantitative estimate of drug-likeness (QED) is 0.695. The van der Waals surface area contributed by atoms with Crippen molar-refractivity contribution in [2.45, 2.75) is 11.7 Å². The highest BCUT2D eigenvalue weighted by molar-refractivity contribution is 8.14. The topological polar surface area (TPSA) is 58.7 Å². The Balaban J connectivity index is 1.58.